The minimum absolute atomic E-state index is 0.00211. The Morgan fingerprint density at radius 2 is 1.82 bits per heavy atom. The van der Waals surface area contributed by atoms with Gasteiger partial charge in [-0.1, -0.05) is 25.4 Å². The van der Waals surface area contributed by atoms with Gasteiger partial charge < -0.3 is 10.4 Å². The van der Waals surface area contributed by atoms with Crippen molar-refractivity contribution in [2.24, 2.45) is 5.10 Å². The number of carboxylic acid groups (broad SMARTS) is 1. The first kappa shape index (κ1) is 22.4. The Balaban J connectivity index is 1.75. The topological polar surface area (TPSA) is 112 Å². The fourth-order valence-corrected chi connectivity index (χ4v) is 3.93. The molecule has 168 valence electrons. The summed E-state index contributed by atoms with van der Waals surface area (Å²) in [6.45, 7) is 5.42. The molecule has 0 radical (unpaired) electrons. The number of hydrogen-bond donors (Lipinski definition) is 2. The first-order valence-corrected chi connectivity index (χ1v) is 10.7. The van der Waals surface area contributed by atoms with Crippen LogP contribution in [0.1, 0.15) is 59.5 Å². The molecule has 2 heterocycles. The lowest BCUT2D eigenvalue weighted by atomic mass is 9.94. The van der Waals surface area contributed by atoms with E-state index in [0.29, 0.717) is 33.0 Å². The molecule has 1 aliphatic rings. The van der Waals surface area contributed by atoms with Gasteiger partial charge in [0.05, 0.1) is 34.4 Å². The van der Waals surface area contributed by atoms with E-state index < -0.39 is 11.9 Å². The highest BCUT2D eigenvalue weighted by molar-refractivity contribution is 6.32. The summed E-state index contributed by atoms with van der Waals surface area (Å²) in [4.78, 5) is 42.1. The SMILES string of the molecule is CC1=NN(c2ccc(NC(=O)c3c(C(=O)O)c(C(C)C)nc4ccc(Cl)cc34)cc2)C(=O)C1. The zero-order chi connectivity index (χ0) is 23.9. The molecule has 4 rings (SSSR count). The second kappa shape index (κ2) is 8.63. The molecule has 0 saturated heterocycles. The van der Waals surface area contributed by atoms with Crippen LogP contribution in [-0.4, -0.2) is 33.6 Å². The molecule has 2 N–H and O–H groups in total. The molecule has 2 aromatic carbocycles. The third-order valence-electron chi connectivity index (χ3n) is 5.25. The van der Waals surface area contributed by atoms with Gasteiger partial charge >= 0.3 is 5.97 Å². The van der Waals surface area contributed by atoms with Gasteiger partial charge in [0.1, 0.15) is 0 Å². The van der Waals surface area contributed by atoms with Gasteiger partial charge in [0, 0.05) is 21.8 Å². The van der Waals surface area contributed by atoms with Crippen LogP contribution in [0.2, 0.25) is 5.02 Å². The van der Waals surface area contributed by atoms with Crippen molar-refractivity contribution in [3.8, 4) is 0 Å². The van der Waals surface area contributed by atoms with Crippen LogP contribution in [-0.2, 0) is 4.79 Å². The van der Waals surface area contributed by atoms with E-state index in [0.717, 1.165) is 5.71 Å². The molecule has 1 aromatic heterocycles. The predicted octanol–water partition coefficient (Wildman–Crippen LogP) is 5.07. The Bertz CT molecular complexity index is 1330. The number of aromatic nitrogens is 1. The molecule has 3 aromatic rings. The lowest BCUT2D eigenvalue weighted by Crippen LogP contribution is -2.21. The third kappa shape index (κ3) is 4.29. The van der Waals surface area contributed by atoms with Gasteiger partial charge in [0.2, 0.25) is 0 Å². The van der Waals surface area contributed by atoms with E-state index >= 15 is 0 Å². The van der Waals surface area contributed by atoms with Crippen LogP contribution in [0, 0.1) is 0 Å². The van der Waals surface area contributed by atoms with Crippen molar-refractivity contribution in [3.05, 3.63) is 64.3 Å². The minimum Gasteiger partial charge on any atom is -0.478 e. The number of benzene rings is 2. The number of fused-ring (bicyclic) bond motifs is 1. The number of carboxylic acids is 1. The summed E-state index contributed by atoms with van der Waals surface area (Å²) in [7, 11) is 0. The third-order valence-corrected chi connectivity index (χ3v) is 5.48. The molecule has 0 spiro atoms. The number of pyridine rings is 1. The fraction of sp³-hybridized carbons (Fsp3) is 0.208. The van der Waals surface area contributed by atoms with Crippen molar-refractivity contribution < 1.29 is 19.5 Å². The second-order valence-electron chi connectivity index (χ2n) is 8.09. The summed E-state index contributed by atoms with van der Waals surface area (Å²) in [5.41, 5.74) is 2.38. The molecular formula is C24H21ClN4O4. The van der Waals surface area contributed by atoms with Gasteiger partial charge in [0.25, 0.3) is 11.8 Å². The molecule has 0 atom stereocenters. The quantitative estimate of drug-likeness (QED) is 0.547. The molecule has 33 heavy (non-hydrogen) atoms. The van der Waals surface area contributed by atoms with Crippen molar-refractivity contribution in [2.75, 3.05) is 10.3 Å². The number of nitrogens with zero attached hydrogens (tertiary/aromatic N) is 3. The highest BCUT2D eigenvalue weighted by atomic mass is 35.5. The normalized spacial score (nSPS) is 13.5. The molecule has 0 unspecified atom stereocenters. The minimum atomic E-state index is -1.24. The van der Waals surface area contributed by atoms with Crippen molar-refractivity contribution in [1.29, 1.82) is 0 Å². The number of hydrogen-bond acceptors (Lipinski definition) is 5. The van der Waals surface area contributed by atoms with E-state index in [1.165, 1.54) is 11.1 Å². The Morgan fingerprint density at radius 3 is 2.39 bits per heavy atom. The lowest BCUT2D eigenvalue weighted by molar-refractivity contribution is -0.116. The van der Waals surface area contributed by atoms with Crippen molar-refractivity contribution in [3.63, 3.8) is 0 Å². The number of anilines is 2. The molecule has 2 amide bonds. The fourth-order valence-electron chi connectivity index (χ4n) is 3.76. The van der Waals surface area contributed by atoms with Gasteiger partial charge in [-0.25, -0.2) is 9.80 Å². The van der Waals surface area contributed by atoms with E-state index in [4.69, 9.17) is 11.6 Å². The maximum Gasteiger partial charge on any atom is 0.338 e. The molecule has 8 nitrogen and oxygen atoms in total. The van der Waals surface area contributed by atoms with Gasteiger partial charge in [-0.2, -0.15) is 5.10 Å². The number of halogens is 1. The Labute approximate surface area is 194 Å². The van der Waals surface area contributed by atoms with Crippen LogP contribution in [0.15, 0.2) is 47.6 Å². The summed E-state index contributed by atoms with van der Waals surface area (Å²) in [5.74, 6) is -2.18. The summed E-state index contributed by atoms with van der Waals surface area (Å²) in [5, 5.41) is 18.9. The first-order chi connectivity index (χ1) is 15.7. The highest BCUT2D eigenvalue weighted by Gasteiger charge is 2.27. The van der Waals surface area contributed by atoms with Gasteiger partial charge in [-0.05, 0) is 55.3 Å². The second-order valence-corrected chi connectivity index (χ2v) is 8.52. The maximum absolute atomic E-state index is 13.3. The average molecular weight is 465 g/mol. The lowest BCUT2D eigenvalue weighted by Gasteiger charge is -2.17. The molecule has 0 saturated carbocycles. The van der Waals surface area contributed by atoms with E-state index in [1.54, 1.807) is 43.3 Å². The number of amides is 2. The van der Waals surface area contributed by atoms with Gasteiger partial charge in [-0.3, -0.25) is 14.6 Å². The van der Waals surface area contributed by atoms with Crippen LogP contribution in [0.5, 0.6) is 0 Å². The average Bonchev–Trinajstić information content (AvgIpc) is 3.10. The number of rotatable bonds is 5. The van der Waals surface area contributed by atoms with Crippen LogP contribution in [0.3, 0.4) is 0 Å². The summed E-state index contributed by atoms with van der Waals surface area (Å²) in [6.07, 6.45) is 0.270. The van der Waals surface area contributed by atoms with Crippen LogP contribution in [0.25, 0.3) is 10.9 Å². The van der Waals surface area contributed by atoms with Crippen molar-refractivity contribution in [2.45, 2.75) is 33.1 Å². The standard InChI is InChI=1S/C24H21ClN4O4/c1-12(2)22-21(24(32)33)20(17-11-14(25)4-9-18(17)27-22)23(31)26-15-5-7-16(8-6-15)29-19(30)10-13(3)28-29/h4-9,11-12H,10H2,1-3H3,(H,26,31)(H,32,33). The largest absolute Gasteiger partial charge is 0.478 e. The van der Waals surface area contributed by atoms with Crippen molar-refractivity contribution >= 4 is 57.4 Å². The number of aromatic carboxylic acids is 1. The molecule has 0 fully saturated rings. The maximum atomic E-state index is 13.3. The van der Waals surface area contributed by atoms with Gasteiger partial charge in [-0.15, -0.1) is 0 Å². The zero-order valence-electron chi connectivity index (χ0n) is 18.2. The van der Waals surface area contributed by atoms with E-state index in [2.05, 4.69) is 15.4 Å². The van der Waals surface area contributed by atoms with Crippen LogP contribution >= 0.6 is 11.6 Å². The van der Waals surface area contributed by atoms with Crippen LogP contribution < -0.4 is 10.3 Å². The highest BCUT2D eigenvalue weighted by Crippen LogP contribution is 2.31. The zero-order valence-corrected chi connectivity index (χ0v) is 19.0. The summed E-state index contributed by atoms with van der Waals surface area (Å²) in [6, 6.07) is 11.4. The number of hydrazone groups is 1. The summed E-state index contributed by atoms with van der Waals surface area (Å²) < 4.78 is 0. The van der Waals surface area contributed by atoms with Crippen LogP contribution in [0.4, 0.5) is 11.4 Å². The first-order valence-electron chi connectivity index (χ1n) is 10.3. The smallest absolute Gasteiger partial charge is 0.338 e. The Hall–Kier alpha value is -3.78. The number of nitrogens with one attached hydrogen (secondary N) is 1. The Morgan fingerprint density at radius 1 is 1.12 bits per heavy atom. The van der Waals surface area contributed by atoms with E-state index in [-0.39, 0.29) is 29.4 Å². The Kier molecular flexibility index (Phi) is 5.86. The summed E-state index contributed by atoms with van der Waals surface area (Å²) >= 11 is 6.14. The monoisotopic (exact) mass is 464 g/mol. The van der Waals surface area contributed by atoms with Crippen molar-refractivity contribution in [1.82, 2.24) is 4.98 Å². The van der Waals surface area contributed by atoms with E-state index in [1.807, 2.05) is 13.8 Å². The molecular weight excluding hydrogens is 444 g/mol. The number of carbonyl (C=O) groups is 3. The number of carbonyl (C=O) groups excluding carboxylic acids is 2. The molecule has 0 bridgehead atoms. The molecule has 1 aliphatic heterocycles. The predicted molar refractivity (Wildman–Crippen MR) is 127 cm³/mol. The van der Waals surface area contributed by atoms with Gasteiger partial charge in [0.15, 0.2) is 0 Å². The molecule has 9 heteroatoms. The molecule has 0 aliphatic carbocycles. The van der Waals surface area contributed by atoms with E-state index in [9.17, 15) is 19.5 Å².